The van der Waals surface area contributed by atoms with Crippen molar-refractivity contribution in [2.75, 3.05) is 12.4 Å². The number of esters is 1. The van der Waals surface area contributed by atoms with Gasteiger partial charge in [0.25, 0.3) is 0 Å². The minimum Gasteiger partial charge on any atom is -0.449 e. The molecule has 0 N–H and O–H groups in total. The Balaban J connectivity index is 1.52. The molecule has 3 aromatic rings. The SMILES string of the molecule is Cc1ccccc1C(=O)OCC#CCSc1nnnn1-c1ccccc1C. The number of para-hydroxylation sites is 1. The van der Waals surface area contributed by atoms with Crippen molar-refractivity contribution < 1.29 is 9.53 Å². The molecule has 136 valence electrons. The number of aromatic nitrogens is 4. The van der Waals surface area contributed by atoms with Gasteiger partial charge in [0.1, 0.15) is 0 Å². The number of carbonyl (C=O) groups is 1. The molecule has 0 aliphatic carbocycles. The third-order valence-corrected chi connectivity index (χ3v) is 4.62. The number of hydrogen-bond donors (Lipinski definition) is 0. The van der Waals surface area contributed by atoms with Crippen LogP contribution in [0.1, 0.15) is 21.5 Å². The van der Waals surface area contributed by atoms with Crippen LogP contribution in [0.5, 0.6) is 0 Å². The standard InChI is InChI=1S/C20H18N4O2S/c1-15-9-3-5-11-17(15)19(25)26-13-7-8-14-27-20-21-22-23-24(20)18-12-6-4-10-16(18)2/h3-6,9-12H,13-14H2,1-2H3. The van der Waals surface area contributed by atoms with E-state index in [0.717, 1.165) is 16.8 Å². The second kappa shape index (κ2) is 9.01. The van der Waals surface area contributed by atoms with Crippen LogP contribution >= 0.6 is 11.8 Å². The fraction of sp³-hybridized carbons (Fsp3) is 0.200. The minimum absolute atomic E-state index is 0.0520. The van der Waals surface area contributed by atoms with Gasteiger partial charge < -0.3 is 4.74 Å². The van der Waals surface area contributed by atoms with Gasteiger partial charge in [-0.2, -0.15) is 4.68 Å². The fourth-order valence-electron chi connectivity index (χ4n) is 2.41. The molecule has 3 rings (SSSR count). The van der Waals surface area contributed by atoms with Gasteiger partial charge in [0.15, 0.2) is 6.61 Å². The van der Waals surface area contributed by atoms with Crippen LogP contribution in [-0.2, 0) is 4.74 Å². The lowest BCUT2D eigenvalue weighted by Gasteiger charge is -2.05. The van der Waals surface area contributed by atoms with Crippen molar-refractivity contribution in [1.29, 1.82) is 0 Å². The van der Waals surface area contributed by atoms with Gasteiger partial charge in [-0.05, 0) is 47.5 Å². The Morgan fingerprint density at radius 2 is 1.81 bits per heavy atom. The van der Waals surface area contributed by atoms with E-state index in [0.29, 0.717) is 16.5 Å². The summed E-state index contributed by atoms with van der Waals surface area (Å²) in [6.07, 6.45) is 0. The van der Waals surface area contributed by atoms with Crippen LogP contribution in [0.3, 0.4) is 0 Å². The minimum atomic E-state index is -0.362. The molecule has 1 aromatic heterocycles. The molecule has 0 bridgehead atoms. The summed E-state index contributed by atoms with van der Waals surface area (Å²) >= 11 is 1.43. The highest BCUT2D eigenvalue weighted by Crippen LogP contribution is 2.19. The normalized spacial score (nSPS) is 10.1. The van der Waals surface area contributed by atoms with Crippen LogP contribution in [0.25, 0.3) is 5.69 Å². The molecule has 0 aliphatic heterocycles. The summed E-state index contributed by atoms with van der Waals surface area (Å²) in [5.74, 6) is 5.94. The summed E-state index contributed by atoms with van der Waals surface area (Å²) in [5, 5.41) is 12.5. The van der Waals surface area contributed by atoms with E-state index in [9.17, 15) is 4.79 Å². The lowest BCUT2D eigenvalue weighted by atomic mass is 10.1. The maximum Gasteiger partial charge on any atom is 0.339 e. The van der Waals surface area contributed by atoms with Crippen molar-refractivity contribution in [3.8, 4) is 17.5 Å². The van der Waals surface area contributed by atoms with Crippen molar-refractivity contribution in [2.45, 2.75) is 19.0 Å². The maximum atomic E-state index is 12.0. The average Bonchev–Trinajstić information content (AvgIpc) is 3.13. The van der Waals surface area contributed by atoms with Crippen LogP contribution in [0.4, 0.5) is 0 Å². The van der Waals surface area contributed by atoms with Gasteiger partial charge in [-0.1, -0.05) is 60.0 Å². The molecule has 1 heterocycles. The first-order valence-electron chi connectivity index (χ1n) is 8.32. The third-order valence-electron chi connectivity index (χ3n) is 3.82. The molecule has 0 amide bonds. The van der Waals surface area contributed by atoms with E-state index in [1.165, 1.54) is 11.8 Å². The average molecular weight is 378 g/mol. The third kappa shape index (κ3) is 4.74. The van der Waals surface area contributed by atoms with E-state index in [1.807, 2.05) is 56.3 Å². The zero-order chi connectivity index (χ0) is 19.1. The molecule has 0 saturated carbocycles. The Kier molecular flexibility index (Phi) is 6.23. The number of thioether (sulfide) groups is 1. The summed E-state index contributed by atoms with van der Waals surface area (Å²) in [7, 11) is 0. The molecular formula is C20H18N4O2S. The maximum absolute atomic E-state index is 12.0. The molecule has 7 heteroatoms. The van der Waals surface area contributed by atoms with Crippen molar-refractivity contribution in [2.24, 2.45) is 0 Å². The first kappa shape index (κ1) is 18.7. The van der Waals surface area contributed by atoms with E-state index in [1.54, 1.807) is 10.7 Å². The van der Waals surface area contributed by atoms with Crippen LogP contribution in [0, 0.1) is 25.7 Å². The van der Waals surface area contributed by atoms with Gasteiger partial charge in [-0.25, -0.2) is 4.79 Å². The van der Waals surface area contributed by atoms with Gasteiger partial charge in [-0.3, -0.25) is 0 Å². The van der Waals surface area contributed by atoms with Crippen molar-refractivity contribution >= 4 is 17.7 Å². The Hall–Kier alpha value is -3.11. The lowest BCUT2D eigenvalue weighted by molar-refractivity contribution is 0.0556. The summed E-state index contributed by atoms with van der Waals surface area (Å²) in [6.45, 7) is 3.93. The van der Waals surface area contributed by atoms with Gasteiger partial charge in [-0.15, -0.1) is 5.10 Å². The largest absolute Gasteiger partial charge is 0.449 e. The summed E-state index contributed by atoms with van der Waals surface area (Å²) in [4.78, 5) is 12.0. The molecule has 0 fully saturated rings. The molecular weight excluding hydrogens is 360 g/mol. The van der Waals surface area contributed by atoms with Crippen LogP contribution in [-0.4, -0.2) is 38.5 Å². The number of carbonyl (C=O) groups excluding carboxylic acids is 1. The first-order chi connectivity index (χ1) is 13.2. The lowest BCUT2D eigenvalue weighted by Crippen LogP contribution is -2.07. The fourth-order valence-corrected chi connectivity index (χ4v) is 3.06. The monoisotopic (exact) mass is 378 g/mol. The second-order valence-electron chi connectivity index (χ2n) is 5.69. The molecule has 27 heavy (non-hydrogen) atoms. The van der Waals surface area contributed by atoms with Crippen molar-refractivity contribution in [3.63, 3.8) is 0 Å². The van der Waals surface area contributed by atoms with Crippen LogP contribution < -0.4 is 0 Å². The highest BCUT2D eigenvalue weighted by Gasteiger charge is 2.10. The highest BCUT2D eigenvalue weighted by atomic mass is 32.2. The van der Waals surface area contributed by atoms with Gasteiger partial charge in [0.2, 0.25) is 5.16 Å². The number of ether oxygens (including phenoxy) is 1. The second-order valence-corrected chi connectivity index (χ2v) is 6.64. The molecule has 0 radical (unpaired) electrons. The number of benzene rings is 2. The Labute approximate surface area is 161 Å². The topological polar surface area (TPSA) is 69.9 Å². The molecule has 0 atom stereocenters. The smallest absolute Gasteiger partial charge is 0.339 e. The van der Waals surface area contributed by atoms with Gasteiger partial charge in [0, 0.05) is 0 Å². The number of hydrogen-bond acceptors (Lipinski definition) is 6. The molecule has 0 spiro atoms. The van der Waals surface area contributed by atoms with Crippen molar-refractivity contribution in [3.05, 3.63) is 65.2 Å². The number of nitrogens with zero attached hydrogens (tertiary/aromatic N) is 4. The van der Waals surface area contributed by atoms with Crippen molar-refractivity contribution in [1.82, 2.24) is 20.2 Å². The Bertz CT molecular complexity index is 1000. The predicted molar refractivity (Wildman–Crippen MR) is 104 cm³/mol. The summed E-state index contributed by atoms with van der Waals surface area (Å²) < 4.78 is 6.88. The Morgan fingerprint density at radius 1 is 1.07 bits per heavy atom. The van der Waals surface area contributed by atoms with E-state index in [2.05, 4.69) is 27.4 Å². The van der Waals surface area contributed by atoms with Gasteiger partial charge in [0.05, 0.1) is 17.0 Å². The quantitative estimate of drug-likeness (QED) is 0.386. The first-order valence-corrected chi connectivity index (χ1v) is 9.31. The number of aryl methyl sites for hydroxylation is 2. The van der Waals surface area contributed by atoms with Crippen LogP contribution in [0.2, 0.25) is 0 Å². The van der Waals surface area contributed by atoms with E-state index in [-0.39, 0.29) is 12.6 Å². The van der Waals surface area contributed by atoms with E-state index < -0.39 is 0 Å². The van der Waals surface area contributed by atoms with Crippen LogP contribution in [0.15, 0.2) is 53.7 Å². The van der Waals surface area contributed by atoms with E-state index in [4.69, 9.17) is 4.74 Å². The van der Waals surface area contributed by atoms with E-state index >= 15 is 0 Å². The molecule has 0 saturated heterocycles. The Morgan fingerprint density at radius 3 is 2.59 bits per heavy atom. The number of tetrazole rings is 1. The molecule has 6 nitrogen and oxygen atoms in total. The summed E-state index contributed by atoms with van der Waals surface area (Å²) in [5.41, 5.74) is 3.46. The summed E-state index contributed by atoms with van der Waals surface area (Å²) in [6, 6.07) is 15.2. The molecule has 0 unspecified atom stereocenters. The number of rotatable bonds is 5. The zero-order valence-corrected chi connectivity index (χ0v) is 15.9. The predicted octanol–water partition coefficient (Wildman–Crippen LogP) is 3.23. The van der Waals surface area contributed by atoms with Gasteiger partial charge >= 0.3 is 5.97 Å². The molecule has 2 aromatic carbocycles. The zero-order valence-electron chi connectivity index (χ0n) is 15.0. The molecule has 0 aliphatic rings. The highest BCUT2D eigenvalue weighted by molar-refractivity contribution is 7.99.